The fraction of sp³-hybridized carbons (Fsp3) is 0.524. The maximum absolute atomic E-state index is 13.3. The molecule has 3 aromatic heterocycles. The average Bonchev–Trinajstić information content (AvgIpc) is 3.27. The van der Waals surface area contributed by atoms with Crippen LogP contribution in [0.25, 0.3) is 16.3 Å². The highest BCUT2D eigenvalue weighted by Gasteiger charge is 2.45. The number of hydrogen-bond donors (Lipinski definition) is 1. The number of aromatic nitrogens is 4. The van der Waals surface area contributed by atoms with Gasteiger partial charge in [-0.1, -0.05) is 11.3 Å². The molecule has 1 saturated carbocycles. The van der Waals surface area contributed by atoms with Crippen LogP contribution in [0.3, 0.4) is 0 Å². The monoisotopic (exact) mass is 520 g/mol. The molecule has 35 heavy (non-hydrogen) atoms. The van der Waals surface area contributed by atoms with Gasteiger partial charge < -0.3 is 9.64 Å². The average molecular weight is 521 g/mol. The van der Waals surface area contributed by atoms with Crippen LogP contribution in [0.2, 0.25) is 0 Å². The molecule has 2 unspecified atom stereocenters. The molecule has 0 radical (unpaired) electrons. The number of ether oxygens (including phenoxy) is 1. The largest absolute Gasteiger partial charge is 0.378 e. The molecule has 1 N–H and O–H groups in total. The van der Waals surface area contributed by atoms with E-state index in [0.717, 1.165) is 55.3 Å². The molecule has 3 aromatic rings. The SMILES string of the molecule is N#CC1(NS(=O)c2cc(N3CCN4CCOCC4C3)c3cnc(-c4nnc(C(F)F)s4)n3c2)CC1. The van der Waals surface area contributed by atoms with Crippen molar-refractivity contribution in [1.82, 2.24) is 29.2 Å². The van der Waals surface area contributed by atoms with Crippen LogP contribution in [0.5, 0.6) is 0 Å². The highest BCUT2D eigenvalue weighted by Crippen LogP contribution is 2.37. The van der Waals surface area contributed by atoms with Gasteiger partial charge in [0.15, 0.2) is 15.8 Å². The Hall–Kier alpha value is -2.57. The van der Waals surface area contributed by atoms with Gasteiger partial charge in [0.05, 0.1) is 47.6 Å². The summed E-state index contributed by atoms with van der Waals surface area (Å²) in [6.45, 7) is 4.66. The first-order valence-corrected chi connectivity index (χ1v) is 13.2. The van der Waals surface area contributed by atoms with Crippen molar-refractivity contribution >= 4 is 33.5 Å². The summed E-state index contributed by atoms with van der Waals surface area (Å²) in [5, 5.41) is 16.8. The maximum atomic E-state index is 13.3. The van der Waals surface area contributed by atoms with E-state index < -0.39 is 22.9 Å². The normalized spacial score (nSPS) is 22.8. The number of fused-ring (bicyclic) bond motifs is 2. The predicted molar refractivity (Wildman–Crippen MR) is 125 cm³/mol. The fourth-order valence-corrected chi connectivity index (χ4v) is 6.38. The molecular weight excluding hydrogens is 498 g/mol. The molecule has 184 valence electrons. The lowest BCUT2D eigenvalue weighted by atomic mass is 10.1. The molecule has 2 aliphatic heterocycles. The number of halogens is 2. The second kappa shape index (κ2) is 8.82. The number of alkyl halides is 2. The number of anilines is 1. The molecular formula is C21H22F2N8O2S2. The maximum Gasteiger partial charge on any atom is 0.291 e. The molecule has 3 fully saturated rings. The van der Waals surface area contributed by atoms with Crippen molar-refractivity contribution in [2.45, 2.75) is 35.7 Å². The molecule has 0 spiro atoms. The number of hydrogen-bond acceptors (Lipinski definition) is 9. The summed E-state index contributed by atoms with van der Waals surface area (Å²) < 4.78 is 49.9. The second-order valence-electron chi connectivity index (χ2n) is 8.92. The summed E-state index contributed by atoms with van der Waals surface area (Å²) in [6.07, 6.45) is 1.92. The zero-order chi connectivity index (χ0) is 24.2. The smallest absolute Gasteiger partial charge is 0.291 e. The summed E-state index contributed by atoms with van der Waals surface area (Å²) in [6, 6.07) is 4.31. The van der Waals surface area contributed by atoms with Crippen LogP contribution < -0.4 is 9.62 Å². The summed E-state index contributed by atoms with van der Waals surface area (Å²) in [5.74, 6) is 0.352. The highest BCUT2D eigenvalue weighted by molar-refractivity contribution is 7.83. The molecule has 3 aliphatic rings. The van der Waals surface area contributed by atoms with Gasteiger partial charge in [-0.2, -0.15) is 5.26 Å². The molecule has 2 atom stereocenters. The Morgan fingerprint density at radius 1 is 1.31 bits per heavy atom. The van der Waals surface area contributed by atoms with Crippen molar-refractivity contribution in [1.29, 1.82) is 5.26 Å². The third kappa shape index (κ3) is 4.21. The Balaban J connectivity index is 1.42. The van der Waals surface area contributed by atoms with Crippen LogP contribution in [0.15, 0.2) is 23.4 Å². The third-order valence-electron chi connectivity index (χ3n) is 6.66. The summed E-state index contributed by atoms with van der Waals surface area (Å²) in [4.78, 5) is 9.58. The van der Waals surface area contributed by atoms with Crippen LogP contribution in [-0.4, -0.2) is 79.7 Å². The van der Waals surface area contributed by atoms with E-state index in [2.05, 4.69) is 35.8 Å². The molecule has 10 nitrogen and oxygen atoms in total. The van der Waals surface area contributed by atoms with E-state index in [0.29, 0.717) is 30.2 Å². The van der Waals surface area contributed by atoms with Gasteiger partial charge in [0.25, 0.3) is 6.43 Å². The van der Waals surface area contributed by atoms with Gasteiger partial charge in [-0.15, -0.1) is 10.2 Å². The first-order chi connectivity index (χ1) is 17.0. The Labute approximate surface area is 206 Å². The first kappa shape index (κ1) is 22.9. The minimum Gasteiger partial charge on any atom is -0.378 e. The van der Waals surface area contributed by atoms with Crippen LogP contribution in [0.4, 0.5) is 14.5 Å². The van der Waals surface area contributed by atoms with Crippen molar-refractivity contribution in [3.63, 3.8) is 0 Å². The van der Waals surface area contributed by atoms with Crippen LogP contribution in [0.1, 0.15) is 24.3 Å². The molecule has 0 aromatic carbocycles. The minimum absolute atomic E-state index is 0.248. The molecule has 5 heterocycles. The van der Waals surface area contributed by atoms with E-state index in [-0.39, 0.29) is 16.1 Å². The van der Waals surface area contributed by atoms with Gasteiger partial charge in [-0.05, 0) is 18.9 Å². The fourth-order valence-electron chi connectivity index (χ4n) is 4.54. The van der Waals surface area contributed by atoms with Gasteiger partial charge >= 0.3 is 0 Å². The standard InChI is InChI=1S/C21H22F2N8O2S2/c22-17(23)19-26-27-20(34-19)18-25-8-16-15(30-4-3-29-5-6-33-11-13(29)9-30)7-14(10-31(16)18)35(32)28-21(12-24)1-2-21/h7-8,10,13,17,28H,1-6,9,11H2. The lowest BCUT2D eigenvalue weighted by Gasteiger charge is -2.44. The van der Waals surface area contributed by atoms with E-state index in [1.807, 2.05) is 6.07 Å². The number of nitrogens with one attached hydrogen (secondary N) is 1. The van der Waals surface area contributed by atoms with Crippen molar-refractivity contribution in [3.8, 4) is 16.9 Å². The Kier molecular flexibility index (Phi) is 5.76. The molecule has 1 aliphatic carbocycles. The second-order valence-corrected chi connectivity index (χ2v) is 11.1. The van der Waals surface area contributed by atoms with Crippen molar-refractivity contribution in [2.75, 3.05) is 44.3 Å². The summed E-state index contributed by atoms with van der Waals surface area (Å²) in [7, 11) is -1.66. The zero-order valence-electron chi connectivity index (χ0n) is 18.6. The zero-order valence-corrected chi connectivity index (χ0v) is 20.2. The third-order valence-corrected chi connectivity index (χ3v) is 8.81. The number of morpholine rings is 1. The Morgan fingerprint density at radius 2 is 2.17 bits per heavy atom. The van der Waals surface area contributed by atoms with Crippen molar-refractivity contribution in [3.05, 3.63) is 23.5 Å². The van der Waals surface area contributed by atoms with Crippen molar-refractivity contribution in [2.24, 2.45) is 0 Å². The quantitative estimate of drug-likeness (QED) is 0.525. The van der Waals surface area contributed by atoms with Gasteiger partial charge in [-0.25, -0.2) is 22.7 Å². The van der Waals surface area contributed by atoms with Crippen LogP contribution >= 0.6 is 11.3 Å². The van der Waals surface area contributed by atoms with Gasteiger partial charge in [-0.3, -0.25) is 9.30 Å². The van der Waals surface area contributed by atoms with Crippen molar-refractivity contribution < 1.29 is 17.7 Å². The van der Waals surface area contributed by atoms with Crippen LogP contribution in [0, 0.1) is 11.3 Å². The van der Waals surface area contributed by atoms with E-state index >= 15 is 0 Å². The van der Waals surface area contributed by atoms with Crippen LogP contribution in [-0.2, 0) is 15.7 Å². The summed E-state index contributed by atoms with van der Waals surface area (Å²) in [5.41, 5.74) is 0.817. The lowest BCUT2D eigenvalue weighted by Crippen LogP contribution is -2.58. The van der Waals surface area contributed by atoms with E-state index in [4.69, 9.17) is 4.74 Å². The number of pyridine rings is 1. The number of piperazine rings is 1. The van der Waals surface area contributed by atoms with E-state index in [1.54, 1.807) is 16.8 Å². The number of nitrogens with zero attached hydrogens (tertiary/aromatic N) is 7. The van der Waals surface area contributed by atoms with Gasteiger partial charge in [0, 0.05) is 32.4 Å². The van der Waals surface area contributed by atoms with Gasteiger partial charge in [0.2, 0.25) is 0 Å². The Morgan fingerprint density at radius 3 is 2.91 bits per heavy atom. The number of rotatable bonds is 6. The Bertz CT molecular complexity index is 1330. The highest BCUT2D eigenvalue weighted by atomic mass is 32.2. The number of imidazole rings is 1. The molecule has 0 bridgehead atoms. The van der Waals surface area contributed by atoms with Gasteiger partial charge in [0.1, 0.15) is 16.5 Å². The minimum atomic E-state index is -2.72. The predicted octanol–water partition coefficient (Wildman–Crippen LogP) is 1.98. The molecule has 14 heteroatoms. The molecule has 6 rings (SSSR count). The molecule has 0 amide bonds. The topological polar surface area (TPSA) is 112 Å². The van der Waals surface area contributed by atoms with E-state index in [9.17, 15) is 18.3 Å². The van der Waals surface area contributed by atoms with E-state index in [1.165, 1.54) is 0 Å². The first-order valence-electron chi connectivity index (χ1n) is 11.3. The summed E-state index contributed by atoms with van der Waals surface area (Å²) >= 11 is 0.781. The lowest BCUT2D eigenvalue weighted by molar-refractivity contribution is -0.0116. The molecule has 2 saturated heterocycles. The number of nitriles is 1.